The van der Waals surface area contributed by atoms with Crippen LogP contribution in [0.1, 0.15) is 36.2 Å². The molecule has 0 aromatic carbocycles. The van der Waals surface area contributed by atoms with Crippen LogP contribution in [0.2, 0.25) is 0 Å². The quantitative estimate of drug-likeness (QED) is 0.747. The molecule has 0 unspecified atom stereocenters. The number of carbonyl (C=O) groups is 2. The van der Waals surface area contributed by atoms with Gasteiger partial charge in [-0.2, -0.15) is 5.10 Å². The van der Waals surface area contributed by atoms with Gasteiger partial charge in [0.2, 0.25) is 0 Å². The lowest BCUT2D eigenvalue weighted by molar-refractivity contribution is -0.120. The number of rotatable bonds is 2. The van der Waals surface area contributed by atoms with Crippen LogP contribution in [0.5, 0.6) is 0 Å². The van der Waals surface area contributed by atoms with E-state index in [1.807, 2.05) is 0 Å². The first-order valence-electron chi connectivity index (χ1n) is 5.07. The van der Waals surface area contributed by atoms with Crippen molar-refractivity contribution in [2.75, 3.05) is 0 Å². The number of H-pyrrole nitrogens is 1. The highest BCUT2D eigenvalue weighted by molar-refractivity contribution is 5.92. The number of nitrogens with one attached hydrogen (secondary N) is 2. The van der Waals surface area contributed by atoms with Crippen molar-refractivity contribution in [3.63, 3.8) is 0 Å². The van der Waals surface area contributed by atoms with E-state index in [9.17, 15) is 9.59 Å². The molecular weight excluding hydrogens is 194 g/mol. The molecule has 1 fully saturated rings. The van der Waals surface area contributed by atoms with Crippen LogP contribution < -0.4 is 5.32 Å². The molecule has 0 aliphatic heterocycles. The zero-order valence-electron chi connectivity index (χ0n) is 8.32. The van der Waals surface area contributed by atoms with Crippen LogP contribution in [0.25, 0.3) is 0 Å². The maximum atomic E-state index is 11.6. The third-order valence-electron chi connectivity index (χ3n) is 2.62. The summed E-state index contributed by atoms with van der Waals surface area (Å²) >= 11 is 0. The number of ketones is 1. The fourth-order valence-electron chi connectivity index (χ4n) is 1.73. The molecule has 5 heteroatoms. The highest BCUT2D eigenvalue weighted by Gasteiger charge is 2.20. The predicted molar refractivity (Wildman–Crippen MR) is 53.3 cm³/mol. The van der Waals surface area contributed by atoms with Crippen molar-refractivity contribution in [2.24, 2.45) is 0 Å². The summed E-state index contributed by atoms with van der Waals surface area (Å²) in [5.74, 6) is 0.147. The SMILES string of the molecule is O=C1CCC(NC(=O)c2ccn[nH]2)CC1. The fourth-order valence-corrected chi connectivity index (χ4v) is 1.73. The summed E-state index contributed by atoms with van der Waals surface area (Å²) < 4.78 is 0. The summed E-state index contributed by atoms with van der Waals surface area (Å²) in [7, 11) is 0. The van der Waals surface area contributed by atoms with Gasteiger partial charge in [-0.3, -0.25) is 14.7 Å². The summed E-state index contributed by atoms with van der Waals surface area (Å²) in [5.41, 5.74) is 0.465. The minimum Gasteiger partial charge on any atom is -0.348 e. The van der Waals surface area contributed by atoms with E-state index >= 15 is 0 Å². The predicted octanol–water partition coefficient (Wildman–Crippen LogP) is 0.651. The van der Waals surface area contributed by atoms with Gasteiger partial charge < -0.3 is 5.32 Å². The Morgan fingerprint density at radius 1 is 1.47 bits per heavy atom. The Morgan fingerprint density at radius 3 is 2.80 bits per heavy atom. The molecule has 80 valence electrons. The molecule has 1 aromatic rings. The zero-order chi connectivity index (χ0) is 10.7. The smallest absolute Gasteiger partial charge is 0.269 e. The van der Waals surface area contributed by atoms with E-state index in [2.05, 4.69) is 15.5 Å². The molecule has 1 amide bonds. The Bertz CT molecular complexity index is 349. The molecule has 1 heterocycles. The lowest BCUT2D eigenvalue weighted by Crippen LogP contribution is -2.37. The lowest BCUT2D eigenvalue weighted by atomic mass is 9.94. The Labute approximate surface area is 87.3 Å². The molecule has 5 nitrogen and oxygen atoms in total. The molecular formula is C10H13N3O2. The second-order valence-corrected chi connectivity index (χ2v) is 3.76. The number of amides is 1. The van der Waals surface area contributed by atoms with Crippen molar-refractivity contribution >= 4 is 11.7 Å². The lowest BCUT2D eigenvalue weighted by Gasteiger charge is -2.21. The van der Waals surface area contributed by atoms with Gasteiger partial charge in [-0.1, -0.05) is 0 Å². The van der Waals surface area contributed by atoms with Gasteiger partial charge in [0.25, 0.3) is 5.91 Å². The van der Waals surface area contributed by atoms with Crippen LogP contribution in [0.3, 0.4) is 0 Å². The molecule has 1 aromatic heterocycles. The van der Waals surface area contributed by atoms with Crippen LogP contribution in [-0.4, -0.2) is 27.9 Å². The Balaban J connectivity index is 1.87. The number of aromatic amines is 1. The number of hydrogen-bond acceptors (Lipinski definition) is 3. The van der Waals surface area contributed by atoms with Crippen molar-refractivity contribution in [1.29, 1.82) is 0 Å². The zero-order valence-corrected chi connectivity index (χ0v) is 8.32. The highest BCUT2D eigenvalue weighted by atomic mass is 16.2. The number of hydrogen-bond donors (Lipinski definition) is 2. The second-order valence-electron chi connectivity index (χ2n) is 3.76. The van der Waals surface area contributed by atoms with Gasteiger partial charge in [-0.15, -0.1) is 0 Å². The molecule has 15 heavy (non-hydrogen) atoms. The van der Waals surface area contributed by atoms with Crippen molar-refractivity contribution in [3.8, 4) is 0 Å². The normalized spacial score (nSPS) is 17.7. The van der Waals surface area contributed by atoms with E-state index in [0.29, 0.717) is 24.3 Å². The standard InChI is InChI=1S/C10H13N3O2/c14-8-3-1-7(2-4-8)12-10(15)9-5-6-11-13-9/h5-7H,1-4H2,(H,11,13)(H,12,15). The molecule has 0 radical (unpaired) electrons. The van der Waals surface area contributed by atoms with Crippen molar-refractivity contribution < 1.29 is 9.59 Å². The van der Waals surface area contributed by atoms with E-state index in [4.69, 9.17) is 0 Å². The monoisotopic (exact) mass is 207 g/mol. The van der Waals surface area contributed by atoms with Gasteiger partial charge in [-0.25, -0.2) is 0 Å². The van der Waals surface area contributed by atoms with Gasteiger partial charge >= 0.3 is 0 Å². The molecule has 0 atom stereocenters. The minimum absolute atomic E-state index is 0.124. The summed E-state index contributed by atoms with van der Waals surface area (Å²) in [6, 6.07) is 1.75. The number of carbonyl (C=O) groups excluding carboxylic acids is 2. The second kappa shape index (κ2) is 4.25. The van der Waals surface area contributed by atoms with Gasteiger partial charge in [-0.05, 0) is 18.9 Å². The summed E-state index contributed by atoms with van der Waals surface area (Å²) in [4.78, 5) is 22.6. The molecule has 2 rings (SSSR count). The van der Waals surface area contributed by atoms with Crippen molar-refractivity contribution in [3.05, 3.63) is 18.0 Å². The van der Waals surface area contributed by atoms with E-state index in [-0.39, 0.29) is 11.9 Å². The van der Waals surface area contributed by atoms with Gasteiger partial charge in [0, 0.05) is 25.1 Å². The number of aromatic nitrogens is 2. The average Bonchev–Trinajstić information content (AvgIpc) is 2.74. The average molecular weight is 207 g/mol. The summed E-state index contributed by atoms with van der Waals surface area (Å²) in [5, 5.41) is 9.19. The topological polar surface area (TPSA) is 74.8 Å². The molecule has 1 saturated carbocycles. The first-order chi connectivity index (χ1) is 7.25. The molecule has 0 saturated heterocycles. The largest absolute Gasteiger partial charge is 0.348 e. The van der Waals surface area contributed by atoms with E-state index < -0.39 is 0 Å². The maximum Gasteiger partial charge on any atom is 0.269 e. The van der Waals surface area contributed by atoms with Crippen molar-refractivity contribution in [1.82, 2.24) is 15.5 Å². The summed E-state index contributed by atoms with van der Waals surface area (Å²) in [6.07, 6.45) is 4.19. The molecule has 0 spiro atoms. The third-order valence-corrected chi connectivity index (χ3v) is 2.62. The van der Waals surface area contributed by atoms with E-state index in [1.54, 1.807) is 12.3 Å². The van der Waals surface area contributed by atoms with Crippen LogP contribution in [0, 0.1) is 0 Å². The number of Topliss-reactive ketones (excluding diaryl/α,β-unsaturated/α-hetero) is 1. The molecule has 1 aliphatic carbocycles. The summed E-state index contributed by atoms with van der Waals surface area (Å²) in [6.45, 7) is 0. The number of nitrogens with zero attached hydrogens (tertiary/aromatic N) is 1. The third kappa shape index (κ3) is 2.43. The van der Waals surface area contributed by atoms with E-state index in [0.717, 1.165) is 12.8 Å². The first-order valence-corrected chi connectivity index (χ1v) is 5.07. The maximum absolute atomic E-state index is 11.6. The first kappa shape index (κ1) is 9.89. The molecule has 0 bridgehead atoms. The van der Waals surface area contributed by atoms with Gasteiger partial charge in [0.15, 0.2) is 0 Å². The van der Waals surface area contributed by atoms with Gasteiger partial charge in [0.05, 0.1) is 0 Å². The van der Waals surface area contributed by atoms with Gasteiger partial charge in [0.1, 0.15) is 11.5 Å². The Morgan fingerprint density at radius 2 is 2.20 bits per heavy atom. The Hall–Kier alpha value is -1.65. The van der Waals surface area contributed by atoms with Crippen LogP contribution in [-0.2, 0) is 4.79 Å². The van der Waals surface area contributed by atoms with Crippen LogP contribution in [0.15, 0.2) is 12.3 Å². The highest BCUT2D eigenvalue weighted by Crippen LogP contribution is 2.14. The molecule has 1 aliphatic rings. The Kier molecular flexibility index (Phi) is 2.80. The minimum atomic E-state index is -0.146. The van der Waals surface area contributed by atoms with Crippen LogP contribution >= 0.6 is 0 Å². The van der Waals surface area contributed by atoms with Crippen LogP contribution in [0.4, 0.5) is 0 Å². The molecule has 2 N–H and O–H groups in total. The van der Waals surface area contributed by atoms with Crippen molar-refractivity contribution in [2.45, 2.75) is 31.7 Å². The fraction of sp³-hybridized carbons (Fsp3) is 0.500. The van der Waals surface area contributed by atoms with E-state index in [1.165, 1.54) is 0 Å².